The van der Waals surface area contributed by atoms with Gasteiger partial charge in [-0.3, -0.25) is 14.7 Å². The fourth-order valence-corrected chi connectivity index (χ4v) is 2.75. The lowest BCUT2D eigenvalue weighted by Gasteiger charge is -2.13. The number of H-pyrrole nitrogens is 1. The summed E-state index contributed by atoms with van der Waals surface area (Å²) in [7, 11) is 0. The van der Waals surface area contributed by atoms with Gasteiger partial charge in [-0.15, -0.1) is 0 Å². The van der Waals surface area contributed by atoms with E-state index in [1.165, 1.54) is 11.8 Å². The second-order valence-electron chi connectivity index (χ2n) is 4.43. The lowest BCUT2D eigenvalue weighted by molar-refractivity contribution is -0.116. The third kappa shape index (κ3) is 3.99. The van der Waals surface area contributed by atoms with Crippen LogP contribution in [0.15, 0.2) is 6.07 Å². The van der Waals surface area contributed by atoms with E-state index in [1.54, 1.807) is 4.90 Å². The molecule has 1 aliphatic rings. The van der Waals surface area contributed by atoms with E-state index in [0.29, 0.717) is 18.8 Å². The molecule has 0 aromatic carbocycles. The van der Waals surface area contributed by atoms with Crippen molar-refractivity contribution in [3.8, 4) is 0 Å². The molecular formula is C12H18N4O2S. The van der Waals surface area contributed by atoms with Crippen molar-refractivity contribution in [3.05, 3.63) is 11.8 Å². The van der Waals surface area contributed by atoms with Crippen LogP contribution in [0.3, 0.4) is 0 Å². The first kappa shape index (κ1) is 13.9. The van der Waals surface area contributed by atoms with Crippen molar-refractivity contribution in [2.75, 3.05) is 24.2 Å². The highest BCUT2D eigenvalue weighted by Crippen LogP contribution is 2.17. The Hall–Kier alpha value is -1.50. The molecule has 0 radical (unpaired) electrons. The summed E-state index contributed by atoms with van der Waals surface area (Å²) in [6, 6.07) is 1.85. The average molecular weight is 282 g/mol. The largest absolute Gasteiger partial charge is 0.332 e. The van der Waals surface area contributed by atoms with Gasteiger partial charge in [0, 0.05) is 37.0 Å². The van der Waals surface area contributed by atoms with Crippen LogP contribution in [-0.2, 0) is 11.2 Å². The molecule has 6 nitrogen and oxygen atoms in total. The Morgan fingerprint density at radius 2 is 2.47 bits per heavy atom. The van der Waals surface area contributed by atoms with Gasteiger partial charge in [-0.1, -0.05) is 25.1 Å². The standard InChI is InChI=1S/C12H18N4O2S/c1-2-3-9-8-10(15-14-9)13-11(17)4-5-16-6-7-19-12(16)18/h8H,2-7H2,1H3,(H2,13,14,15,17). The predicted molar refractivity (Wildman–Crippen MR) is 75.3 cm³/mol. The van der Waals surface area contributed by atoms with E-state index < -0.39 is 0 Å². The van der Waals surface area contributed by atoms with Gasteiger partial charge in [-0.05, 0) is 6.42 Å². The molecule has 0 bridgehead atoms. The van der Waals surface area contributed by atoms with Gasteiger partial charge >= 0.3 is 0 Å². The summed E-state index contributed by atoms with van der Waals surface area (Å²) in [4.78, 5) is 24.8. The molecule has 1 aromatic rings. The second kappa shape index (κ2) is 6.60. The van der Waals surface area contributed by atoms with E-state index in [-0.39, 0.29) is 11.1 Å². The van der Waals surface area contributed by atoms with Crippen molar-refractivity contribution >= 4 is 28.7 Å². The number of aromatic nitrogens is 2. The molecule has 0 atom stereocenters. The van der Waals surface area contributed by atoms with Gasteiger partial charge in [0.2, 0.25) is 5.91 Å². The van der Waals surface area contributed by atoms with Crippen LogP contribution in [0.5, 0.6) is 0 Å². The minimum atomic E-state index is -0.112. The highest BCUT2D eigenvalue weighted by Gasteiger charge is 2.21. The number of carbonyl (C=O) groups excluding carboxylic acids is 2. The number of nitrogens with zero attached hydrogens (tertiary/aromatic N) is 2. The minimum absolute atomic E-state index is 0.0674. The number of hydrogen-bond donors (Lipinski definition) is 2. The first-order valence-electron chi connectivity index (χ1n) is 6.45. The van der Waals surface area contributed by atoms with Gasteiger partial charge < -0.3 is 10.2 Å². The summed E-state index contributed by atoms with van der Waals surface area (Å²) in [6.07, 6.45) is 2.26. The van der Waals surface area contributed by atoms with E-state index in [2.05, 4.69) is 22.4 Å². The molecule has 0 spiro atoms. The molecule has 2 rings (SSSR count). The summed E-state index contributed by atoms with van der Waals surface area (Å²) >= 11 is 1.31. The van der Waals surface area contributed by atoms with E-state index in [4.69, 9.17) is 0 Å². The van der Waals surface area contributed by atoms with Gasteiger partial charge in [0.05, 0.1) is 0 Å². The predicted octanol–water partition coefficient (Wildman–Crippen LogP) is 1.86. The molecule has 1 saturated heterocycles. The molecule has 1 aromatic heterocycles. The molecule has 7 heteroatoms. The van der Waals surface area contributed by atoms with E-state index in [9.17, 15) is 9.59 Å². The average Bonchev–Trinajstić information content (AvgIpc) is 2.97. The first-order valence-corrected chi connectivity index (χ1v) is 7.43. The Bertz CT molecular complexity index is 460. The van der Waals surface area contributed by atoms with Crippen molar-refractivity contribution < 1.29 is 9.59 Å². The van der Waals surface area contributed by atoms with Crippen LogP contribution in [0, 0.1) is 0 Å². The zero-order valence-corrected chi connectivity index (χ0v) is 11.8. The molecule has 0 aliphatic carbocycles. The zero-order chi connectivity index (χ0) is 13.7. The number of aromatic amines is 1. The Morgan fingerprint density at radius 1 is 1.63 bits per heavy atom. The zero-order valence-electron chi connectivity index (χ0n) is 10.9. The van der Waals surface area contributed by atoms with Gasteiger partial charge in [-0.2, -0.15) is 5.10 Å². The molecule has 19 heavy (non-hydrogen) atoms. The molecule has 0 saturated carbocycles. The highest BCUT2D eigenvalue weighted by molar-refractivity contribution is 8.13. The van der Waals surface area contributed by atoms with Crippen LogP contribution in [0.4, 0.5) is 10.6 Å². The number of amides is 2. The van der Waals surface area contributed by atoms with E-state index in [1.807, 2.05) is 6.07 Å². The maximum Gasteiger partial charge on any atom is 0.281 e. The van der Waals surface area contributed by atoms with Crippen molar-refractivity contribution in [1.29, 1.82) is 0 Å². The summed E-state index contributed by atoms with van der Waals surface area (Å²) in [6.45, 7) is 3.30. The number of thioether (sulfide) groups is 1. The highest BCUT2D eigenvalue weighted by atomic mass is 32.2. The summed E-state index contributed by atoms with van der Waals surface area (Å²) in [5.74, 6) is 1.26. The van der Waals surface area contributed by atoms with Crippen LogP contribution < -0.4 is 5.32 Å². The molecular weight excluding hydrogens is 264 g/mol. The number of aryl methyl sites for hydroxylation is 1. The van der Waals surface area contributed by atoms with Crippen molar-refractivity contribution in [2.24, 2.45) is 0 Å². The fraction of sp³-hybridized carbons (Fsp3) is 0.583. The molecule has 0 unspecified atom stereocenters. The number of hydrogen-bond acceptors (Lipinski definition) is 4. The van der Waals surface area contributed by atoms with Crippen molar-refractivity contribution in [3.63, 3.8) is 0 Å². The van der Waals surface area contributed by atoms with E-state index >= 15 is 0 Å². The molecule has 2 amide bonds. The number of carbonyl (C=O) groups is 2. The second-order valence-corrected chi connectivity index (χ2v) is 5.47. The van der Waals surface area contributed by atoms with Crippen LogP contribution in [0.25, 0.3) is 0 Å². The molecule has 2 heterocycles. The van der Waals surface area contributed by atoms with Gasteiger partial charge in [0.15, 0.2) is 5.82 Å². The Kier molecular flexibility index (Phi) is 4.84. The smallest absolute Gasteiger partial charge is 0.281 e. The van der Waals surface area contributed by atoms with Gasteiger partial charge in [0.1, 0.15) is 0 Å². The lowest BCUT2D eigenvalue weighted by atomic mass is 10.2. The maximum atomic E-state index is 11.7. The van der Waals surface area contributed by atoms with Crippen molar-refractivity contribution in [2.45, 2.75) is 26.2 Å². The Balaban J connectivity index is 1.75. The minimum Gasteiger partial charge on any atom is -0.332 e. The normalized spacial score (nSPS) is 15.0. The molecule has 104 valence electrons. The van der Waals surface area contributed by atoms with E-state index in [0.717, 1.165) is 30.8 Å². The van der Waals surface area contributed by atoms with Crippen LogP contribution in [0.1, 0.15) is 25.5 Å². The lowest BCUT2D eigenvalue weighted by Crippen LogP contribution is -2.27. The SMILES string of the molecule is CCCc1cc(NC(=O)CCN2CCSC2=O)n[nH]1. The van der Waals surface area contributed by atoms with Crippen LogP contribution in [-0.4, -0.2) is 45.1 Å². The quantitative estimate of drug-likeness (QED) is 0.835. The molecule has 2 N–H and O–H groups in total. The van der Waals surface area contributed by atoms with Crippen LogP contribution in [0.2, 0.25) is 0 Å². The third-order valence-corrected chi connectivity index (χ3v) is 3.76. The van der Waals surface area contributed by atoms with Gasteiger partial charge in [-0.25, -0.2) is 0 Å². The first-order chi connectivity index (χ1) is 9.19. The number of nitrogens with one attached hydrogen (secondary N) is 2. The Morgan fingerprint density at radius 3 is 3.16 bits per heavy atom. The fourth-order valence-electron chi connectivity index (χ4n) is 1.89. The summed E-state index contributed by atoms with van der Waals surface area (Å²) in [5.41, 5.74) is 1.02. The summed E-state index contributed by atoms with van der Waals surface area (Å²) < 4.78 is 0. The third-order valence-electron chi connectivity index (χ3n) is 2.87. The Labute approximate surface area is 116 Å². The molecule has 1 aliphatic heterocycles. The summed E-state index contributed by atoms with van der Waals surface area (Å²) in [5, 5.41) is 9.71. The monoisotopic (exact) mass is 282 g/mol. The van der Waals surface area contributed by atoms with Crippen molar-refractivity contribution in [1.82, 2.24) is 15.1 Å². The van der Waals surface area contributed by atoms with Crippen LogP contribution >= 0.6 is 11.8 Å². The molecule has 1 fully saturated rings. The topological polar surface area (TPSA) is 78.1 Å². The van der Waals surface area contributed by atoms with Gasteiger partial charge in [0.25, 0.3) is 5.24 Å². The number of anilines is 1. The number of rotatable bonds is 6. The maximum absolute atomic E-state index is 11.7.